The highest BCUT2D eigenvalue weighted by molar-refractivity contribution is 5.79. The van der Waals surface area contributed by atoms with Crippen LogP contribution in [0.3, 0.4) is 0 Å². The van der Waals surface area contributed by atoms with Crippen molar-refractivity contribution in [3.8, 4) is 6.07 Å². The Hall–Kier alpha value is -2.68. The minimum absolute atomic E-state index is 0.0680. The summed E-state index contributed by atoms with van der Waals surface area (Å²) < 4.78 is 0. The van der Waals surface area contributed by atoms with E-state index in [-0.39, 0.29) is 11.4 Å². The van der Waals surface area contributed by atoms with E-state index in [1.165, 1.54) is 16.7 Å². The molecule has 1 aliphatic carbocycles. The molecule has 29 heavy (non-hydrogen) atoms. The predicted molar refractivity (Wildman–Crippen MR) is 113 cm³/mol. The lowest BCUT2D eigenvalue weighted by Crippen LogP contribution is -2.43. The molecule has 4 rings (SSSR count). The Kier molecular flexibility index (Phi) is 5.66. The van der Waals surface area contributed by atoms with Crippen LogP contribution in [0.1, 0.15) is 48.4 Å². The van der Waals surface area contributed by atoms with Crippen LogP contribution in [-0.2, 0) is 24.4 Å². The number of nitriles is 1. The van der Waals surface area contributed by atoms with Gasteiger partial charge in [-0.1, -0.05) is 36.4 Å². The molecule has 2 N–H and O–H groups in total. The van der Waals surface area contributed by atoms with Gasteiger partial charge < -0.3 is 15.5 Å². The smallest absolute Gasteiger partial charge is 0.237 e. The van der Waals surface area contributed by atoms with Gasteiger partial charge in [-0.3, -0.25) is 4.79 Å². The maximum atomic E-state index is 12.6. The molecule has 2 aliphatic rings. The van der Waals surface area contributed by atoms with Crippen molar-refractivity contribution in [1.82, 2.24) is 15.5 Å². The van der Waals surface area contributed by atoms with Gasteiger partial charge in [-0.25, -0.2) is 0 Å². The first-order chi connectivity index (χ1) is 14.0. The molecule has 0 aromatic heterocycles. The Morgan fingerprint density at radius 3 is 2.52 bits per heavy atom. The average molecular weight is 389 g/mol. The van der Waals surface area contributed by atoms with Crippen molar-refractivity contribution in [2.75, 3.05) is 6.54 Å². The zero-order valence-corrected chi connectivity index (χ0v) is 16.9. The summed E-state index contributed by atoms with van der Waals surface area (Å²) in [5.41, 5.74) is 4.47. The second-order valence-electron chi connectivity index (χ2n) is 8.56. The van der Waals surface area contributed by atoms with Gasteiger partial charge in [-0.15, -0.1) is 0 Å². The highest BCUT2D eigenvalue weighted by Gasteiger charge is 2.35. The first-order valence-electron chi connectivity index (χ1n) is 10.4. The fraction of sp³-hybridized carbons (Fsp3) is 0.417. The third-order valence-corrected chi connectivity index (χ3v) is 6.28. The van der Waals surface area contributed by atoms with Crippen LogP contribution in [0.4, 0.5) is 0 Å². The summed E-state index contributed by atoms with van der Waals surface area (Å²) >= 11 is 0. The number of hydrogen-bond donors (Lipinski definition) is 2. The Labute approximate surface area is 172 Å². The lowest BCUT2D eigenvalue weighted by Gasteiger charge is -2.26. The second-order valence-corrected chi connectivity index (χ2v) is 8.56. The third kappa shape index (κ3) is 4.67. The standard InChI is InChI=1S/C24H28N4O/c1-24(27-14-19-8-6-18(13-25)7-9-19)11-10-22(12-24)26-15-23(29)28-16-20-4-2-3-5-21(20)17-28/h2-9,22,26-27H,10-12,14-17H2,1H3. The predicted octanol–water partition coefficient (Wildman–Crippen LogP) is 3.09. The van der Waals surface area contributed by atoms with Crippen LogP contribution in [0.5, 0.6) is 0 Å². The molecule has 5 nitrogen and oxygen atoms in total. The van der Waals surface area contributed by atoms with Gasteiger partial charge in [-0.2, -0.15) is 5.26 Å². The molecule has 0 bridgehead atoms. The number of benzene rings is 2. The molecule has 2 aromatic carbocycles. The summed E-state index contributed by atoms with van der Waals surface area (Å²) in [6, 6.07) is 18.5. The molecule has 1 aliphatic heterocycles. The highest BCUT2D eigenvalue weighted by Crippen LogP contribution is 2.30. The number of amides is 1. The van der Waals surface area contributed by atoms with Gasteiger partial charge in [0.05, 0.1) is 18.2 Å². The van der Waals surface area contributed by atoms with Crippen molar-refractivity contribution in [2.45, 2.75) is 57.4 Å². The number of carbonyl (C=O) groups is 1. The van der Waals surface area contributed by atoms with E-state index in [2.05, 4.69) is 35.8 Å². The summed E-state index contributed by atoms with van der Waals surface area (Å²) in [4.78, 5) is 14.6. The quantitative estimate of drug-likeness (QED) is 0.798. The number of rotatable bonds is 6. The van der Waals surface area contributed by atoms with Crippen LogP contribution in [0.15, 0.2) is 48.5 Å². The Bertz CT molecular complexity index is 892. The molecule has 0 saturated heterocycles. The zero-order chi connectivity index (χ0) is 20.3. The lowest BCUT2D eigenvalue weighted by molar-refractivity contribution is -0.131. The Morgan fingerprint density at radius 1 is 1.17 bits per heavy atom. The van der Waals surface area contributed by atoms with E-state index >= 15 is 0 Å². The maximum absolute atomic E-state index is 12.6. The van der Waals surface area contributed by atoms with E-state index in [1.807, 2.05) is 41.3 Å². The van der Waals surface area contributed by atoms with Crippen LogP contribution in [0.2, 0.25) is 0 Å². The summed E-state index contributed by atoms with van der Waals surface area (Å²) in [6.45, 7) is 4.91. The molecule has 0 spiro atoms. The molecule has 1 fully saturated rings. The normalized spacial score (nSPS) is 23.0. The maximum Gasteiger partial charge on any atom is 0.237 e. The van der Waals surface area contributed by atoms with Gasteiger partial charge in [0.1, 0.15) is 0 Å². The van der Waals surface area contributed by atoms with Gasteiger partial charge in [0, 0.05) is 31.2 Å². The third-order valence-electron chi connectivity index (χ3n) is 6.28. The number of hydrogen-bond acceptors (Lipinski definition) is 4. The molecule has 2 atom stereocenters. The van der Waals surface area contributed by atoms with Crippen molar-refractivity contribution in [2.24, 2.45) is 0 Å². The highest BCUT2D eigenvalue weighted by atomic mass is 16.2. The van der Waals surface area contributed by atoms with Gasteiger partial charge >= 0.3 is 0 Å². The number of nitrogens with zero attached hydrogens (tertiary/aromatic N) is 2. The van der Waals surface area contributed by atoms with Crippen molar-refractivity contribution < 1.29 is 4.79 Å². The van der Waals surface area contributed by atoms with Gasteiger partial charge in [0.15, 0.2) is 0 Å². The van der Waals surface area contributed by atoms with E-state index in [9.17, 15) is 4.79 Å². The first-order valence-corrected chi connectivity index (χ1v) is 10.4. The fourth-order valence-electron chi connectivity index (χ4n) is 4.44. The fourth-order valence-corrected chi connectivity index (χ4v) is 4.44. The van der Waals surface area contributed by atoms with Crippen molar-refractivity contribution in [1.29, 1.82) is 5.26 Å². The molecule has 2 unspecified atom stereocenters. The molecule has 0 radical (unpaired) electrons. The Morgan fingerprint density at radius 2 is 1.86 bits per heavy atom. The lowest BCUT2D eigenvalue weighted by atomic mass is 9.99. The number of carbonyl (C=O) groups excluding carboxylic acids is 1. The SMILES string of the molecule is CC1(NCc2ccc(C#N)cc2)CCC(NCC(=O)N2Cc3ccccc3C2)C1. The van der Waals surface area contributed by atoms with Crippen molar-refractivity contribution in [3.05, 3.63) is 70.8 Å². The molecule has 1 amide bonds. The molecule has 150 valence electrons. The monoisotopic (exact) mass is 388 g/mol. The molecular formula is C24H28N4O. The van der Waals surface area contributed by atoms with Gasteiger partial charge in [0.25, 0.3) is 0 Å². The minimum atomic E-state index is 0.0680. The number of nitrogens with one attached hydrogen (secondary N) is 2. The van der Waals surface area contributed by atoms with Gasteiger partial charge in [-0.05, 0) is 55.0 Å². The van der Waals surface area contributed by atoms with Crippen LogP contribution < -0.4 is 10.6 Å². The average Bonchev–Trinajstić information content (AvgIpc) is 3.35. The van der Waals surface area contributed by atoms with E-state index < -0.39 is 0 Å². The topological polar surface area (TPSA) is 68.2 Å². The molecule has 1 heterocycles. The van der Waals surface area contributed by atoms with Crippen LogP contribution in [0.25, 0.3) is 0 Å². The molecule has 1 saturated carbocycles. The van der Waals surface area contributed by atoms with Crippen LogP contribution >= 0.6 is 0 Å². The summed E-state index contributed by atoms with van der Waals surface area (Å²) in [6.07, 6.45) is 3.17. The first kappa shape index (κ1) is 19.6. The van der Waals surface area contributed by atoms with Crippen molar-refractivity contribution >= 4 is 5.91 Å². The van der Waals surface area contributed by atoms with Crippen molar-refractivity contribution in [3.63, 3.8) is 0 Å². The van der Waals surface area contributed by atoms with Crippen LogP contribution in [-0.4, -0.2) is 28.9 Å². The molecular weight excluding hydrogens is 360 g/mol. The van der Waals surface area contributed by atoms with E-state index in [4.69, 9.17) is 5.26 Å². The number of fused-ring (bicyclic) bond motifs is 1. The Balaban J connectivity index is 1.22. The summed E-state index contributed by atoms with van der Waals surface area (Å²) in [7, 11) is 0. The second kappa shape index (κ2) is 8.36. The largest absolute Gasteiger partial charge is 0.333 e. The summed E-state index contributed by atoms with van der Waals surface area (Å²) in [5.74, 6) is 0.181. The summed E-state index contributed by atoms with van der Waals surface area (Å²) in [5, 5.41) is 16.1. The minimum Gasteiger partial charge on any atom is -0.333 e. The van der Waals surface area contributed by atoms with Gasteiger partial charge in [0.2, 0.25) is 5.91 Å². The van der Waals surface area contributed by atoms with E-state index in [0.29, 0.717) is 18.2 Å². The zero-order valence-electron chi connectivity index (χ0n) is 16.9. The van der Waals surface area contributed by atoms with E-state index in [0.717, 1.165) is 38.9 Å². The van der Waals surface area contributed by atoms with Crippen LogP contribution in [0, 0.1) is 11.3 Å². The molecule has 2 aromatic rings. The molecule has 5 heteroatoms. The van der Waals surface area contributed by atoms with E-state index in [1.54, 1.807) is 0 Å².